The Morgan fingerprint density at radius 1 is 1.56 bits per heavy atom. The van der Waals surface area contributed by atoms with Crippen LogP contribution in [-0.4, -0.2) is 35.6 Å². The van der Waals surface area contributed by atoms with Gasteiger partial charge in [0.2, 0.25) is 0 Å². The number of hydrogen-bond donors (Lipinski definition) is 1. The number of nitrogens with one attached hydrogen (secondary N) is 1. The molecule has 4 nitrogen and oxygen atoms in total. The Bertz CT molecular complexity index is 345. The molecule has 2 rings (SSSR count). The first-order valence-corrected chi connectivity index (χ1v) is 7.16. The van der Waals surface area contributed by atoms with Crippen LogP contribution in [0.4, 0.5) is 0 Å². The van der Waals surface area contributed by atoms with Crippen molar-refractivity contribution in [3.63, 3.8) is 0 Å². The Morgan fingerprint density at radius 2 is 2.44 bits per heavy atom. The Balaban J connectivity index is 1.95. The molecule has 0 aliphatic carbocycles. The number of aromatic nitrogens is 2. The van der Waals surface area contributed by atoms with Crippen LogP contribution in [0, 0.1) is 5.92 Å². The van der Waals surface area contributed by atoms with E-state index in [1.165, 1.54) is 18.4 Å². The summed E-state index contributed by atoms with van der Waals surface area (Å²) in [4.78, 5) is 0. The van der Waals surface area contributed by atoms with Gasteiger partial charge in [0, 0.05) is 25.4 Å². The molecule has 1 saturated heterocycles. The van der Waals surface area contributed by atoms with Crippen LogP contribution in [0.25, 0.3) is 0 Å². The van der Waals surface area contributed by atoms with Crippen LogP contribution in [0.2, 0.25) is 0 Å². The summed E-state index contributed by atoms with van der Waals surface area (Å²) in [5, 5.41) is 7.96. The first-order chi connectivity index (χ1) is 8.83. The van der Waals surface area contributed by atoms with Gasteiger partial charge in [-0.2, -0.15) is 5.10 Å². The van der Waals surface area contributed by atoms with Crippen molar-refractivity contribution in [2.75, 3.05) is 19.8 Å². The van der Waals surface area contributed by atoms with E-state index in [4.69, 9.17) is 4.74 Å². The Kier molecular flexibility index (Phi) is 5.20. The average molecular weight is 251 g/mol. The minimum absolute atomic E-state index is 0.518. The molecule has 1 N–H and O–H groups in total. The second-order valence-electron chi connectivity index (χ2n) is 5.05. The van der Waals surface area contributed by atoms with Crippen molar-refractivity contribution in [2.45, 2.75) is 45.7 Å². The molecule has 4 heteroatoms. The maximum atomic E-state index is 5.61. The van der Waals surface area contributed by atoms with Crippen LogP contribution >= 0.6 is 0 Å². The fourth-order valence-corrected chi connectivity index (χ4v) is 2.69. The monoisotopic (exact) mass is 251 g/mol. The lowest BCUT2D eigenvalue weighted by Crippen LogP contribution is -2.41. The summed E-state index contributed by atoms with van der Waals surface area (Å²) in [6.07, 6.45) is 7.69. The van der Waals surface area contributed by atoms with Gasteiger partial charge in [-0.1, -0.05) is 6.92 Å². The zero-order chi connectivity index (χ0) is 12.8. The highest BCUT2D eigenvalue weighted by molar-refractivity contribution is 5.07. The molecule has 2 unspecified atom stereocenters. The molecule has 0 saturated carbocycles. The van der Waals surface area contributed by atoms with Gasteiger partial charge >= 0.3 is 0 Å². The summed E-state index contributed by atoms with van der Waals surface area (Å²) < 4.78 is 7.61. The second kappa shape index (κ2) is 6.90. The molecule has 0 radical (unpaired) electrons. The van der Waals surface area contributed by atoms with Crippen LogP contribution in [0.3, 0.4) is 0 Å². The minimum Gasteiger partial charge on any atom is -0.381 e. The predicted octanol–water partition coefficient (Wildman–Crippen LogP) is 1.85. The minimum atomic E-state index is 0.518. The third kappa shape index (κ3) is 3.56. The number of rotatable bonds is 6. The van der Waals surface area contributed by atoms with Crippen LogP contribution in [-0.2, 0) is 17.7 Å². The van der Waals surface area contributed by atoms with Crippen molar-refractivity contribution in [2.24, 2.45) is 5.92 Å². The molecule has 1 aliphatic rings. The van der Waals surface area contributed by atoms with E-state index in [1.807, 2.05) is 10.9 Å². The molecule has 0 aromatic carbocycles. The van der Waals surface area contributed by atoms with Crippen molar-refractivity contribution in [3.05, 3.63) is 18.0 Å². The lowest BCUT2D eigenvalue weighted by molar-refractivity contribution is 0.0396. The molecule has 1 aromatic rings. The van der Waals surface area contributed by atoms with Crippen molar-refractivity contribution >= 4 is 0 Å². The fraction of sp³-hybridized carbons (Fsp3) is 0.786. The lowest BCUT2D eigenvalue weighted by Gasteiger charge is -2.30. The van der Waals surface area contributed by atoms with Gasteiger partial charge in [0.25, 0.3) is 0 Å². The number of hydrogen-bond acceptors (Lipinski definition) is 3. The van der Waals surface area contributed by atoms with Gasteiger partial charge in [-0.05, 0) is 44.2 Å². The smallest absolute Gasteiger partial charge is 0.0522 e. The largest absolute Gasteiger partial charge is 0.381 e. The molecule has 102 valence electrons. The normalized spacial score (nSPS) is 22.0. The zero-order valence-electron chi connectivity index (χ0n) is 11.6. The van der Waals surface area contributed by atoms with Crippen molar-refractivity contribution in [3.8, 4) is 0 Å². The maximum absolute atomic E-state index is 5.61. The van der Waals surface area contributed by atoms with Crippen molar-refractivity contribution < 1.29 is 4.74 Å². The number of likely N-dealkylation sites (N-methyl/N-ethyl adjacent to an activating group) is 1. The lowest BCUT2D eigenvalue weighted by atomic mass is 9.90. The highest BCUT2D eigenvalue weighted by Crippen LogP contribution is 2.20. The Hall–Kier alpha value is -0.870. The SMILES string of the molecule is CCNC(Cc1cnn(CC)c1)C1CCCOC1. The molecule has 1 fully saturated rings. The van der Waals surface area contributed by atoms with Gasteiger partial charge in [-0.3, -0.25) is 4.68 Å². The van der Waals surface area contributed by atoms with E-state index >= 15 is 0 Å². The first-order valence-electron chi connectivity index (χ1n) is 7.16. The summed E-state index contributed by atoms with van der Waals surface area (Å²) in [5.74, 6) is 0.642. The van der Waals surface area contributed by atoms with E-state index in [1.54, 1.807) is 0 Å². The standard InChI is InChI=1S/C14H25N3O/c1-3-15-14(13-6-5-7-18-11-13)8-12-9-16-17(4-2)10-12/h9-10,13-15H,3-8,11H2,1-2H3. The van der Waals surface area contributed by atoms with E-state index in [9.17, 15) is 0 Å². The van der Waals surface area contributed by atoms with Gasteiger partial charge < -0.3 is 10.1 Å². The van der Waals surface area contributed by atoms with Gasteiger partial charge in [0.1, 0.15) is 0 Å². The molecule has 0 spiro atoms. The van der Waals surface area contributed by atoms with E-state index in [2.05, 4.69) is 30.5 Å². The molecular weight excluding hydrogens is 226 g/mol. The fourth-order valence-electron chi connectivity index (χ4n) is 2.69. The molecular formula is C14H25N3O. The van der Waals surface area contributed by atoms with E-state index in [-0.39, 0.29) is 0 Å². The Labute approximate surface area is 110 Å². The van der Waals surface area contributed by atoms with Gasteiger partial charge in [0.05, 0.1) is 12.8 Å². The molecule has 1 aliphatic heterocycles. The topological polar surface area (TPSA) is 39.1 Å². The molecule has 2 atom stereocenters. The van der Waals surface area contributed by atoms with E-state index in [0.29, 0.717) is 12.0 Å². The molecule has 18 heavy (non-hydrogen) atoms. The number of nitrogens with zero attached hydrogens (tertiary/aromatic N) is 2. The predicted molar refractivity (Wildman–Crippen MR) is 72.6 cm³/mol. The van der Waals surface area contributed by atoms with Crippen LogP contribution in [0.15, 0.2) is 12.4 Å². The van der Waals surface area contributed by atoms with Crippen LogP contribution in [0.5, 0.6) is 0 Å². The molecule has 2 heterocycles. The summed E-state index contributed by atoms with van der Waals surface area (Å²) in [5.41, 5.74) is 1.33. The maximum Gasteiger partial charge on any atom is 0.0522 e. The quantitative estimate of drug-likeness (QED) is 0.838. The second-order valence-corrected chi connectivity index (χ2v) is 5.05. The van der Waals surface area contributed by atoms with Crippen LogP contribution < -0.4 is 5.32 Å². The van der Waals surface area contributed by atoms with Gasteiger partial charge in [-0.25, -0.2) is 0 Å². The highest BCUT2D eigenvalue weighted by Gasteiger charge is 2.24. The average Bonchev–Trinajstić information content (AvgIpc) is 2.87. The van der Waals surface area contributed by atoms with Crippen molar-refractivity contribution in [1.29, 1.82) is 0 Å². The summed E-state index contributed by atoms with van der Waals surface area (Å²) in [6.45, 7) is 8.09. The van der Waals surface area contributed by atoms with Crippen molar-refractivity contribution in [1.82, 2.24) is 15.1 Å². The molecule has 0 amide bonds. The third-order valence-electron chi connectivity index (χ3n) is 3.70. The van der Waals surface area contributed by atoms with E-state index < -0.39 is 0 Å². The first kappa shape index (κ1) is 13.6. The third-order valence-corrected chi connectivity index (χ3v) is 3.70. The molecule has 1 aromatic heterocycles. The van der Waals surface area contributed by atoms with Gasteiger partial charge in [0.15, 0.2) is 0 Å². The number of aryl methyl sites for hydroxylation is 1. The van der Waals surface area contributed by atoms with E-state index in [0.717, 1.165) is 32.7 Å². The molecule has 0 bridgehead atoms. The zero-order valence-corrected chi connectivity index (χ0v) is 11.6. The summed E-state index contributed by atoms with van der Waals surface area (Å²) in [7, 11) is 0. The van der Waals surface area contributed by atoms with Crippen LogP contribution in [0.1, 0.15) is 32.3 Å². The Morgan fingerprint density at radius 3 is 3.06 bits per heavy atom. The van der Waals surface area contributed by atoms with Gasteiger partial charge in [-0.15, -0.1) is 0 Å². The summed E-state index contributed by atoms with van der Waals surface area (Å²) in [6, 6.07) is 0.518. The number of ether oxygens (including phenoxy) is 1. The summed E-state index contributed by atoms with van der Waals surface area (Å²) >= 11 is 0. The highest BCUT2D eigenvalue weighted by atomic mass is 16.5.